The Hall–Kier alpha value is -2.12. The van der Waals surface area contributed by atoms with E-state index < -0.39 is 24.0 Å². The van der Waals surface area contributed by atoms with E-state index in [1.807, 2.05) is 0 Å². The van der Waals surface area contributed by atoms with Gasteiger partial charge in [0.15, 0.2) is 0 Å². The normalized spacial score (nSPS) is 13.1. The number of rotatable bonds is 6. The number of phenolic OH excluding ortho intramolecular Hbond substituents is 1. The zero-order valence-electron chi connectivity index (χ0n) is 12.0. The van der Waals surface area contributed by atoms with E-state index in [4.69, 9.17) is 15.9 Å². The Bertz CT molecular complexity index is 473. The highest BCUT2D eigenvalue weighted by atomic mass is 16.4. The number of phenols is 1. The van der Waals surface area contributed by atoms with E-state index >= 15 is 0 Å². The van der Waals surface area contributed by atoms with Crippen LogP contribution in [0.5, 0.6) is 5.75 Å². The highest BCUT2D eigenvalue weighted by Gasteiger charge is 2.25. The molecule has 0 aliphatic carbocycles. The second-order valence-electron chi connectivity index (χ2n) is 5.05. The van der Waals surface area contributed by atoms with Crippen molar-refractivity contribution in [3.05, 3.63) is 29.8 Å². The molecule has 21 heavy (non-hydrogen) atoms. The maximum absolute atomic E-state index is 11.9. The molecule has 1 amide bonds. The summed E-state index contributed by atoms with van der Waals surface area (Å²) in [5.74, 6) is -1.67. The molecule has 2 atom stereocenters. The molecule has 0 fully saturated rings. The van der Waals surface area contributed by atoms with E-state index in [0.29, 0.717) is 0 Å². The molecule has 0 radical (unpaired) electrons. The third-order valence-corrected chi connectivity index (χ3v) is 2.96. The van der Waals surface area contributed by atoms with Gasteiger partial charge in [0.2, 0.25) is 5.91 Å². The number of aromatic hydroxyl groups is 1. The number of amides is 1. The Balaban J connectivity index is 0.00000400. The third-order valence-electron chi connectivity index (χ3n) is 2.96. The van der Waals surface area contributed by atoms with E-state index in [-0.39, 0.29) is 23.6 Å². The van der Waals surface area contributed by atoms with Gasteiger partial charge in [0.05, 0.1) is 6.04 Å². The summed E-state index contributed by atoms with van der Waals surface area (Å²) in [4.78, 5) is 22.9. The van der Waals surface area contributed by atoms with E-state index in [1.165, 1.54) is 12.1 Å². The molecule has 0 aliphatic heterocycles. The molecule has 0 saturated carbocycles. The van der Waals surface area contributed by atoms with Crippen molar-refractivity contribution in [1.82, 2.24) is 5.32 Å². The average Bonchev–Trinajstić information content (AvgIpc) is 2.37. The number of hydrogen-bond acceptors (Lipinski definition) is 4. The first kappa shape index (κ1) is 18.9. The standard InChI is InChI=1S/C14H20N2O4.H2O/c1-8(2)12(14(19)20)16-13(18)11(15)7-9-3-5-10(17)6-4-9;/h3-6,8,11-12,17H,7,15H2,1-2H3,(H,16,18)(H,19,20);1H2/t11-,12-;/m0./s1. The lowest BCUT2D eigenvalue weighted by atomic mass is 10.0. The summed E-state index contributed by atoms with van der Waals surface area (Å²) in [7, 11) is 0. The molecule has 0 heterocycles. The van der Waals surface area contributed by atoms with E-state index in [2.05, 4.69) is 5.32 Å². The largest absolute Gasteiger partial charge is 0.508 e. The van der Waals surface area contributed by atoms with Gasteiger partial charge < -0.3 is 26.7 Å². The van der Waals surface area contributed by atoms with Gasteiger partial charge in [0.25, 0.3) is 0 Å². The van der Waals surface area contributed by atoms with Crippen LogP contribution in [0, 0.1) is 5.92 Å². The Morgan fingerprint density at radius 1 is 1.24 bits per heavy atom. The summed E-state index contributed by atoms with van der Waals surface area (Å²) in [6.07, 6.45) is 0.274. The lowest BCUT2D eigenvalue weighted by Crippen LogP contribution is -2.51. The highest BCUT2D eigenvalue weighted by molar-refractivity contribution is 5.87. The molecular formula is C14H22N2O5. The van der Waals surface area contributed by atoms with Crippen molar-refractivity contribution in [2.45, 2.75) is 32.4 Å². The van der Waals surface area contributed by atoms with Crippen molar-refractivity contribution >= 4 is 11.9 Å². The van der Waals surface area contributed by atoms with Crippen LogP contribution in [0.25, 0.3) is 0 Å². The van der Waals surface area contributed by atoms with Gasteiger partial charge in [-0.05, 0) is 30.0 Å². The number of hydrogen-bond donors (Lipinski definition) is 4. The van der Waals surface area contributed by atoms with Crippen LogP contribution >= 0.6 is 0 Å². The molecule has 0 unspecified atom stereocenters. The topological polar surface area (TPSA) is 144 Å². The molecule has 7 heteroatoms. The van der Waals surface area contributed by atoms with Crippen LogP contribution in [0.3, 0.4) is 0 Å². The van der Waals surface area contributed by atoms with Gasteiger partial charge in [-0.2, -0.15) is 0 Å². The van der Waals surface area contributed by atoms with Crippen molar-refractivity contribution in [2.24, 2.45) is 11.7 Å². The lowest BCUT2D eigenvalue weighted by Gasteiger charge is -2.20. The number of carboxylic acids is 1. The predicted octanol–water partition coefficient (Wildman–Crippen LogP) is -0.337. The maximum Gasteiger partial charge on any atom is 0.326 e. The molecule has 0 bridgehead atoms. The van der Waals surface area contributed by atoms with Gasteiger partial charge in [-0.25, -0.2) is 4.79 Å². The molecule has 0 spiro atoms. The third kappa shape index (κ3) is 5.80. The number of benzene rings is 1. The Morgan fingerprint density at radius 2 is 1.76 bits per heavy atom. The molecule has 1 aromatic rings. The van der Waals surface area contributed by atoms with Gasteiger partial charge in [-0.3, -0.25) is 4.79 Å². The lowest BCUT2D eigenvalue weighted by molar-refractivity contribution is -0.143. The second kappa shape index (κ2) is 8.23. The van der Waals surface area contributed by atoms with E-state index in [1.54, 1.807) is 26.0 Å². The SMILES string of the molecule is CC(C)[C@H](NC(=O)[C@@H](N)Cc1ccc(O)cc1)C(=O)O.O. The number of nitrogens with one attached hydrogen (secondary N) is 1. The molecule has 0 saturated heterocycles. The van der Waals surface area contributed by atoms with Gasteiger partial charge >= 0.3 is 5.97 Å². The van der Waals surface area contributed by atoms with Crippen LogP contribution in [-0.2, 0) is 16.0 Å². The Labute approximate surface area is 123 Å². The zero-order chi connectivity index (χ0) is 15.3. The molecule has 0 aromatic heterocycles. The predicted molar refractivity (Wildman–Crippen MR) is 77.8 cm³/mol. The molecule has 1 aromatic carbocycles. The van der Waals surface area contributed by atoms with Gasteiger partial charge in [0, 0.05) is 0 Å². The molecular weight excluding hydrogens is 276 g/mol. The van der Waals surface area contributed by atoms with Crippen LogP contribution in [0.1, 0.15) is 19.4 Å². The number of carbonyl (C=O) groups is 2. The minimum atomic E-state index is -1.08. The van der Waals surface area contributed by atoms with Crippen molar-refractivity contribution in [1.29, 1.82) is 0 Å². The second-order valence-corrected chi connectivity index (χ2v) is 5.05. The Morgan fingerprint density at radius 3 is 2.19 bits per heavy atom. The molecule has 7 N–H and O–H groups in total. The first-order valence-corrected chi connectivity index (χ1v) is 6.38. The number of aliphatic carboxylic acids is 1. The maximum atomic E-state index is 11.9. The van der Waals surface area contributed by atoms with Gasteiger partial charge in [-0.15, -0.1) is 0 Å². The summed E-state index contributed by atoms with van der Waals surface area (Å²) in [6.45, 7) is 3.43. The minimum Gasteiger partial charge on any atom is -0.508 e. The van der Waals surface area contributed by atoms with Crippen molar-refractivity contribution in [3.63, 3.8) is 0 Å². The first-order chi connectivity index (χ1) is 9.31. The fourth-order valence-corrected chi connectivity index (χ4v) is 1.75. The number of carbonyl (C=O) groups excluding carboxylic acids is 1. The number of nitrogens with two attached hydrogens (primary N) is 1. The Kier molecular flexibility index (Phi) is 7.40. The summed E-state index contributed by atoms with van der Waals surface area (Å²) in [5, 5.41) is 20.6. The average molecular weight is 298 g/mol. The molecule has 118 valence electrons. The fraction of sp³-hybridized carbons (Fsp3) is 0.429. The van der Waals surface area contributed by atoms with E-state index in [9.17, 15) is 9.59 Å². The fourth-order valence-electron chi connectivity index (χ4n) is 1.75. The van der Waals surface area contributed by atoms with Gasteiger partial charge in [-0.1, -0.05) is 26.0 Å². The summed E-state index contributed by atoms with van der Waals surface area (Å²) in [5.41, 5.74) is 6.56. The van der Waals surface area contributed by atoms with Crippen LogP contribution in [-0.4, -0.2) is 39.6 Å². The van der Waals surface area contributed by atoms with E-state index in [0.717, 1.165) is 5.56 Å². The zero-order valence-corrected chi connectivity index (χ0v) is 12.0. The summed E-state index contributed by atoms with van der Waals surface area (Å²) >= 11 is 0. The van der Waals surface area contributed by atoms with Crippen LogP contribution in [0.4, 0.5) is 0 Å². The monoisotopic (exact) mass is 298 g/mol. The van der Waals surface area contributed by atoms with Crippen LogP contribution in [0.15, 0.2) is 24.3 Å². The van der Waals surface area contributed by atoms with Crippen LogP contribution in [0.2, 0.25) is 0 Å². The smallest absolute Gasteiger partial charge is 0.326 e. The minimum absolute atomic E-state index is 0. The van der Waals surface area contributed by atoms with Crippen molar-refractivity contribution in [2.75, 3.05) is 0 Å². The number of carboxylic acid groups (broad SMARTS) is 1. The quantitative estimate of drug-likeness (QED) is 0.568. The first-order valence-electron chi connectivity index (χ1n) is 6.38. The van der Waals surface area contributed by atoms with Crippen molar-refractivity contribution in [3.8, 4) is 5.75 Å². The molecule has 0 aliphatic rings. The van der Waals surface area contributed by atoms with Crippen molar-refractivity contribution < 1.29 is 25.3 Å². The summed E-state index contributed by atoms with van der Waals surface area (Å²) < 4.78 is 0. The van der Waals surface area contributed by atoms with Gasteiger partial charge in [0.1, 0.15) is 11.8 Å². The molecule has 7 nitrogen and oxygen atoms in total. The highest BCUT2D eigenvalue weighted by Crippen LogP contribution is 2.11. The molecule has 1 rings (SSSR count). The van der Waals surface area contributed by atoms with Crippen LogP contribution < -0.4 is 11.1 Å². The summed E-state index contributed by atoms with van der Waals surface area (Å²) in [6, 6.07) is 4.56.